The molecule has 1 aromatic carbocycles. The molecule has 0 saturated carbocycles. The topological polar surface area (TPSA) is 111 Å². The number of sulfonamides is 1. The largest absolute Gasteiger partial charge is 0.497 e. The van der Waals surface area contributed by atoms with Gasteiger partial charge < -0.3 is 24.0 Å². The van der Waals surface area contributed by atoms with Crippen molar-refractivity contribution < 1.29 is 31.9 Å². The van der Waals surface area contributed by atoms with E-state index in [1.54, 1.807) is 12.1 Å². The first-order valence-electron chi connectivity index (χ1n) is 11.6. The van der Waals surface area contributed by atoms with Gasteiger partial charge in [0.15, 0.2) is 8.32 Å². The summed E-state index contributed by atoms with van der Waals surface area (Å²) in [7, 11) is -3.47. The van der Waals surface area contributed by atoms with Crippen LogP contribution in [0.2, 0.25) is 18.1 Å². The van der Waals surface area contributed by atoms with Crippen molar-refractivity contribution in [1.82, 2.24) is 9.62 Å². The van der Waals surface area contributed by atoms with Crippen molar-refractivity contribution in [1.29, 1.82) is 0 Å². The average molecular weight is 517 g/mol. The van der Waals surface area contributed by atoms with Crippen LogP contribution in [-0.4, -0.2) is 72.9 Å². The monoisotopic (exact) mass is 516 g/mol. The molecule has 0 spiro atoms. The van der Waals surface area contributed by atoms with Crippen LogP contribution in [0, 0.1) is 5.92 Å². The summed E-state index contributed by atoms with van der Waals surface area (Å²) in [6.45, 7) is 10.1. The Kier molecular flexibility index (Phi) is 12.2. The molecule has 0 radical (unpaired) electrons. The van der Waals surface area contributed by atoms with Gasteiger partial charge in [0.25, 0.3) is 0 Å². The van der Waals surface area contributed by atoms with Gasteiger partial charge in [-0.15, -0.1) is 0 Å². The molecular formula is C23H40N2O7SSi. The first-order valence-corrected chi connectivity index (χ1v) is 15.6. The zero-order valence-electron chi connectivity index (χ0n) is 21.4. The zero-order valence-corrected chi connectivity index (χ0v) is 23.2. The van der Waals surface area contributed by atoms with E-state index < -0.39 is 36.6 Å². The van der Waals surface area contributed by atoms with Gasteiger partial charge >= 0.3 is 6.09 Å². The first-order chi connectivity index (χ1) is 16.0. The number of benzene rings is 1. The summed E-state index contributed by atoms with van der Waals surface area (Å²) >= 11 is 0. The third-order valence-corrected chi connectivity index (χ3v) is 12.5. The standard InChI is InChI=1S/C23H40N2O7SSi/c1-8-34(9-2,10-3)32-22(21(17-26)24-23(27)31-7)16-25(15-18(4)5)33(28,29)20-13-11-19(30-6)12-14-20/h11-14,17-18,21-22H,8-10,15-16H2,1-7H3,(H,24,27)/t21-,22+/m0/s1. The van der Waals surface area contributed by atoms with Gasteiger partial charge in [0.05, 0.1) is 25.2 Å². The van der Waals surface area contributed by atoms with Crippen molar-refractivity contribution in [3.63, 3.8) is 0 Å². The molecule has 0 aromatic heterocycles. The predicted molar refractivity (Wildman–Crippen MR) is 134 cm³/mol. The highest BCUT2D eigenvalue weighted by molar-refractivity contribution is 7.89. The normalized spacial score (nSPS) is 14.0. The van der Waals surface area contributed by atoms with Crippen molar-refractivity contribution in [3.8, 4) is 5.75 Å². The predicted octanol–water partition coefficient (Wildman–Crippen LogP) is 3.66. The lowest BCUT2D eigenvalue weighted by atomic mass is 10.1. The smallest absolute Gasteiger partial charge is 0.407 e. The number of methoxy groups -OCH3 is 2. The van der Waals surface area contributed by atoms with Crippen LogP contribution in [0.4, 0.5) is 4.79 Å². The number of carbonyl (C=O) groups excluding carboxylic acids is 2. The van der Waals surface area contributed by atoms with Crippen LogP contribution >= 0.6 is 0 Å². The second-order valence-electron chi connectivity index (χ2n) is 8.59. The molecule has 1 aromatic rings. The molecule has 0 aliphatic carbocycles. The third-order valence-electron chi connectivity index (χ3n) is 6.00. The maximum atomic E-state index is 13.6. The summed E-state index contributed by atoms with van der Waals surface area (Å²) in [4.78, 5) is 24.1. The number of ether oxygens (including phenoxy) is 2. The van der Waals surface area contributed by atoms with Gasteiger partial charge in [-0.1, -0.05) is 34.6 Å². The summed E-state index contributed by atoms with van der Waals surface area (Å²) in [6, 6.07) is 7.50. The number of amides is 1. The quantitative estimate of drug-likeness (QED) is 0.280. The molecule has 0 aliphatic rings. The van der Waals surface area contributed by atoms with Gasteiger partial charge in [-0.3, -0.25) is 0 Å². The maximum absolute atomic E-state index is 13.6. The maximum Gasteiger partial charge on any atom is 0.407 e. The summed E-state index contributed by atoms with van der Waals surface area (Å²) in [6.07, 6.45) is -1.07. The SMILES string of the molecule is CC[Si](CC)(CC)O[C@H](CN(CC(C)C)S(=O)(=O)c1ccc(OC)cc1)[C@H](C=O)NC(=O)OC. The minimum absolute atomic E-state index is 0.0162. The lowest BCUT2D eigenvalue weighted by molar-refractivity contribution is -0.111. The van der Waals surface area contributed by atoms with Crippen molar-refractivity contribution in [2.45, 2.75) is 69.8 Å². The van der Waals surface area contributed by atoms with E-state index in [2.05, 4.69) is 10.1 Å². The van der Waals surface area contributed by atoms with E-state index in [1.165, 1.54) is 30.7 Å². The van der Waals surface area contributed by atoms with E-state index in [4.69, 9.17) is 9.16 Å². The molecule has 0 aliphatic heterocycles. The van der Waals surface area contributed by atoms with Crippen LogP contribution in [0.1, 0.15) is 34.6 Å². The molecule has 34 heavy (non-hydrogen) atoms. The molecule has 0 saturated heterocycles. The van der Waals surface area contributed by atoms with E-state index in [0.29, 0.717) is 12.0 Å². The van der Waals surface area contributed by atoms with E-state index in [1.807, 2.05) is 34.6 Å². The Morgan fingerprint density at radius 1 is 1.06 bits per heavy atom. The highest BCUT2D eigenvalue weighted by atomic mass is 32.2. The molecule has 0 heterocycles. The zero-order chi connectivity index (χ0) is 25.9. The van der Waals surface area contributed by atoms with Crippen molar-refractivity contribution >= 4 is 30.7 Å². The van der Waals surface area contributed by atoms with Gasteiger partial charge in [0, 0.05) is 13.1 Å². The Balaban J connectivity index is 3.46. The van der Waals surface area contributed by atoms with Crippen LogP contribution in [0.25, 0.3) is 0 Å². The van der Waals surface area contributed by atoms with E-state index in [0.717, 1.165) is 18.1 Å². The third kappa shape index (κ3) is 8.07. The number of aldehydes is 1. The summed E-state index contributed by atoms with van der Waals surface area (Å²) in [5.41, 5.74) is 0. The number of hydrogen-bond acceptors (Lipinski definition) is 7. The van der Waals surface area contributed by atoms with Gasteiger partial charge in [-0.2, -0.15) is 4.31 Å². The van der Waals surface area contributed by atoms with Crippen LogP contribution in [0.3, 0.4) is 0 Å². The molecule has 1 amide bonds. The molecule has 0 bridgehead atoms. The van der Waals surface area contributed by atoms with Gasteiger partial charge in [0.2, 0.25) is 10.0 Å². The lowest BCUT2D eigenvalue weighted by Crippen LogP contribution is -2.56. The molecule has 0 fully saturated rings. The summed E-state index contributed by atoms with van der Waals surface area (Å²) < 4.78 is 44.9. The average Bonchev–Trinajstić information content (AvgIpc) is 2.84. The minimum Gasteiger partial charge on any atom is -0.497 e. The molecular weight excluding hydrogens is 476 g/mol. The van der Waals surface area contributed by atoms with Gasteiger partial charge in [-0.25, -0.2) is 13.2 Å². The highest BCUT2D eigenvalue weighted by Gasteiger charge is 2.39. The second-order valence-corrected chi connectivity index (χ2v) is 15.3. The molecule has 9 nitrogen and oxygen atoms in total. The fourth-order valence-electron chi connectivity index (χ4n) is 3.73. The van der Waals surface area contributed by atoms with Gasteiger partial charge in [0.1, 0.15) is 18.1 Å². The number of nitrogens with one attached hydrogen (secondary N) is 1. The van der Waals surface area contributed by atoms with E-state index >= 15 is 0 Å². The minimum atomic E-state index is -3.91. The number of rotatable bonds is 15. The molecule has 1 N–H and O–H groups in total. The summed E-state index contributed by atoms with van der Waals surface area (Å²) in [5.74, 6) is 0.561. The molecule has 194 valence electrons. The number of carbonyl (C=O) groups is 2. The van der Waals surface area contributed by atoms with Crippen LogP contribution < -0.4 is 10.1 Å². The van der Waals surface area contributed by atoms with Crippen molar-refractivity contribution in [2.24, 2.45) is 5.92 Å². The first kappa shape index (κ1) is 30.1. The lowest BCUT2D eigenvalue weighted by Gasteiger charge is -2.38. The highest BCUT2D eigenvalue weighted by Crippen LogP contribution is 2.27. The fourth-order valence-corrected chi connectivity index (χ4v) is 8.21. The molecule has 1 rings (SSSR count). The van der Waals surface area contributed by atoms with E-state index in [-0.39, 0.29) is 23.9 Å². The number of hydrogen-bond donors (Lipinski definition) is 1. The molecule has 0 unspecified atom stereocenters. The van der Waals surface area contributed by atoms with E-state index in [9.17, 15) is 18.0 Å². The van der Waals surface area contributed by atoms with Crippen molar-refractivity contribution in [2.75, 3.05) is 27.3 Å². The Labute approximate surface area is 205 Å². The van der Waals surface area contributed by atoms with Gasteiger partial charge in [-0.05, 0) is 48.3 Å². The number of alkyl carbamates (subject to hydrolysis) is 1. The van der Waals surface area contributed by atoms with Crippen LogP contribution in [0.15, 0.2) is 29.2 Å². The Bertz CT molecular complexity index is 866. The Morgan fingerprint density at radius 2 is 1.62 bits per heavy atom. The Morgan fingerprint density at radius 3 is 2.03 bits per heavy atom. The Hall–Kier alpha value is -1.95. The number of nitrogens with zero attached hydrogens (tertiary/aromatic N) is 1. The molecule has 2 atom stereocenters. The van der Waals surface area contributed by atoms with Crippen LogP contribution in [-0.2, 0) is 24.0 Å². The van der Waals surface area contributed by atoms with Crippen molar-refractivity contribution in [3.05, 3.63) is 24.3 Å². The summed E-state index contributed by atoms with van der Waals surface area (Å²) in [5, 5.41) is 2.51. The molecule has 11 heteroatoms. The fraction of sp³-hybridized carbons (Fsp3) is 0.652. The van der Waals surface area contributed by atoms with Crippen LogP contribution in [0.5, 0.6) is 5.75 Å². The second kappa shape index (κ2) is 13.8.